The van der Waals surface area contributed by atoms with Gasteiger partial charge in [0.25, 0.3) is 0 Å². The quantitative estimate of drug-likeness (QED) is 0.711. The van der Waals surface area contributed by atoms with Crippen molar-refractivity contribution in [1.29, 1.82) is 0 Å². The third kappa shape index (κ3) is 4.09. The molecule has 0 aromatic heterocycles. The van der Waals surface area contributed by atoms with Crippen LogP contribution in [0.3, 0.4) is 0 Å². The summed E-state index contributed by atoms with van der Waals surface area (Å²) < 4.78 is 7.24. The number of benzene rings is 2. The number of methoxy groups -OCH3 is 1. The van der Waals surface area contributed by atoms with E-state index in [4.69, 9.17) is 4.74 Å². The van der Waals surface area contributed by atoms with Crippen LogP contribution < -0.4 is 10.1 Å². The third-order valence-corrected chi connectivity index (χ3v) is 4.71. The first kappa shape index (κ1) is 16.5. The molecule has 1 atom stereocenters. The highest BCUT2D eigenvalue weighted by Gasteiger charge is 2.10. The highest BCUT2D eigenvalue weighted by molar-refractivity contribution is 9.11. The van der Waals surface area contributed by atoms with Crippen molar-refractivity contribution in [3.8, 4) is 5.75 Å². The van der Waals surface area contributed by atoms with Gasteiger partial charge in [-0.25, -0.2) is 0 Å². The molecule has 4 heteroatoms. The largest absolute Gasteiger partial charge is 0.494 e. The topological polar surface area (TPSA) is 21.3 Å². The molecule has 2 rings (SSSR count). The zero-order valence-electron chi connectivity index (χ0n) is 12.4. The van der Waals surface area contributed by atoms with Crippen LogP contribution in [0.1, 0.15) is 29.7 Å². The van der Waals surface area contributed by atoms with E-state index < -0.39 is 0 Å². The van der Waals surface area contributed by atoms with Gasteiger partial charge >= 0.3 is 0 Å². The molecule has 0 bridgehead atoms. The van der Waals surface area contributed by atoms with E-state index in [1.807, 2.05) is 0 Å². The maximum atomic E-state index is 5.33. The van der Waals surface area contributed by atoms with E-state index in [1.165, 1.54) is 16.7 Å². The monoisotopic (exact) mass is 411 g/mol. The van der Waals surface area contributed by atoms with Gasteiger partial charge in [-0.05, 0) is 74.5 Å². The van der Waals surface area contributed by atoms with Crippen LogP contribution in [0.25, 0.3) is 0 Å². The first-order valence-electron chi connectivity index (χ1n) is 6.83. The van der Waals surface area contributed by atoms with Crippen molar-refractivity contribution in [1.82, 2.24) is 5.32 Å². The maximum Gasteiger partial charge on any atom is 0.147 e. The normalized spacial score (nSPS) is 12.2. The Morgan fingerprint density at radius 2 is 1.76 bits per heavy atom. The molecule has 21 heavy (non-hydrogen) atoms. The fraction of sp³-hybridized carbons (Fsp3) is 0.294. The molecule has 0 heterocycles. The Balaban J connectivity index is 2.08. The van der Waals surface area contributed by atoms with Gasteiger partial charge in [0, 0.05) is 12.6 Å². The molecule has 0 radical (unpaired) electrons. The maximum absolute atomic E-state index is 5.33. The molecule has 0 aliphatic rings. The molecular weight excluding hydrogens is 394 g/mol. The minimum Gasteiger partial charge on any atom is -0.494 e. The summed E-state index contributed by atoms with van der Waals surface area (Å²) in [4.78, 5) is 0. The average molecular weight is 413 g/mol. The standard InChI is InChI=1S/C17H19Br2NO/c1-11-6-4-5-7-14(11)12(2)20-10-13-8-15(18)17(21-3)16(19)9-13/h4-9,12,20H,10H2,1-3H3/t12-/m0/s1. The molecule has 2 aromatic rings. The summed E-state index contributed by atoms with van der Waals surface area (Å²) in [5, 5.41) is 3.57. The summed E-state index contributed by atoms with van der Waals surface area (Å²) in [5.41, 5.74) is 3.86. The molecule has 0 saturated carbocycles. The van der Waals surface area contributed by atoms with Gasteiger partial charge in [0.05, 0.1) is 16.1 Å². The van der Waals surface area contributed by atoms with Crippen LogP contribution in [0.4, 0.5) is 0 Å². The Kier molecular flexibility index (Phi) is 5.85. The Labute approximate surface area is 143 Å². The first-order chi connectivity index (χ1) is 10.0. The Morgan fingerprint density at radius 1 is 1.14 bits per heavy atom. The SMILES string of the molecule is COc1c(Br)cc(CN[C@@H](C)c2ccccc2C)cc1Br. The fourth-order valence-corrected chi connectivity index (χ4v) is 3.97. The minimum absolute atomic E-state index is 0.311. The molecule has 0 saturated heterocycles. The van der Waals surface area contributed by atoms with E-state index in [-0.39, 0.29) is 0 Å². The lowest BCUT2D eigenvalue weighted by molar-refractivity contribution is 0.409. The summed E-state index contributed by atoms with van der Waals surface area (Å²) >= 11 is 7.08. The summed E-state index contributed by atoms with van der Waals surface area (Å²) in [6.07, 6.45) is 0. The highest BCUT2D eigenvalue weighted by atomic mass is 79.9. The van der Waals surface area contributed by atoms with Crippen molar-refractivity contribution >= 4 is 31.9 Å². The third-order valence-electron chi connectivity index (χ3n) is 3.53. The van der Waals surface area contributed by atoms with Crippen molar-refractivity contribution in [3.05, 3.63) is 62.0 Å². The zero-order valence-corrected chi connectivity index (χ0v) is 15.6. The molecule has 2 aromatic carbocycles. The van der Waals surface area contributed by atoms with Crippen LogP contribution in [0.15, 0.2) is 45.3 Å². The van der Waals surface area contributed by atoms with Gasteiger partial charge in [0.1, 0.15) is 5.75 Å². The lowest BCUT2D eigenvalue weighted by Crippen LogP contribution is -2.18. The number of hydrogen-bond donors (Lipinski definition) is 1. The predicted octanol–water partition coefficient (Wildman–Crippen LogP) is 5.38. The molecule has 2 nitrogen and oxygen atoms in total. The molecule has 1 N–H and O–H groups in total. The molecule has 0 amide bonds. The average Bonchev–Trinajstić information content (AvgIpc) is 2.45. The van der Waals surface area contributed by atoms with Crippen molar-refractivity contribution in [3.63, 3.8) is 0 Å². The number of aryl methyl sites for hydroxylation is 1. The van der Waals surface area contributed by atoms with Gasteiger partial charge < -0.3 is 10.1 Å². The van der Waals surface area contributed by atoms with Crippen LogP contribution in [-0.4, -0.2) is 7.11 Å². The number of nitrogens with one attached hydrogen (secondary N) is 1. The number of rotatable bonds is 5. The summed E-state index contributed by atoms with van der Waals surface area (Å²) in [6.45, 7) is 5.14. The lowest BCUT2D eigenvalue weighted by Gasteiger charge is -2.17. The van der Waals surface area contributed by atoms with E-state index in [0.717, 1.165) is 21.2 Å². The van der Waals surface area contributed by atoms with Crippen LogP contribution in [0.2, 0.25) is 0 Å². The van der Waals surface area contributed by atoms with Gasteiger partial charge in [-0.1, -0.05) is 24.3 Å². The second-order valence-electron chi connectivity index (χ2n) is 5.05. The first-order valence-corrected chi connectivity index (χ1v) is 8.42. The van der Waals surface area contributed by atoms with Crippen molar-refractivity contribution < 1.29 is 4.74 Å². The number of halogens is 2. The van der Waals surface area contributed by atoms with Crippen LogP contribution >= 0.6 is 31.9 Å². The summed E-state index contributed by atoms with van der Waals surface area (Å²) in [6, 6.07) is 13.0. The van der Waals surface area contributed by atoms with Crippen LogP contribution in [-0.2, 0) is 6.54 Å². The lowest BCUT2D eigenvalue weighted by atomic mass is 10.0. The minimum atomic E-state index is 0.311. The summed E-state index contributed by atoms with van der Waals surface area (Å²) in [5.74, 6) is 0.825. The van der Waals surface area contributed by atoms with E-state index >= 15 is 0 Å². The fourth-order valence-electron chi connectivity index (χ4n) is 2.36. The number of ether oxygens (including phenoxy) is 1. The van der Waals surface area contributed by atoms with Gasteiger partial charge in [-0.3, -0.25) is 0 Å². The summed E-state index contributed by atoms with van der Waals surface area (Å²) in [7, 11) is 1.67. The van der Waals surface area contributed by atoms with Gasteiger partial charge in [-0.15, -0.1) is 0 Å². The van der Waals surface area contributed by atoms with Crippen molar-refractivity contribution in [2.45, 2.75) is 26.4 Å². The van der Waals surface area contributed by atoms with Gasteiger partial charge in [-0.2, -0.15) is 0 Å². The van der Waals surface area contributed by atoms with Crippen molar-refractivity contribution in [2.24, 2.45) is 0 Å². The van der Waals surface area contributed by atoms with Crippen LogP contribution in [0.5, 0.6) is 5.75 Å². The predicted molar refractivity (Wildman–Crippen MR) is 94.8 cm³/mol. The molecular formula is C17H19Br2NO. The smallest absolute Gasteiger partial charge is 0.147 e. The van der Waals surface area contributed by atoms with Gasteiger partial charge in [0.15, 0.2) is 0 Å². The Hall–Kier alpha value is -0.840. The molecule has 0 fully saturated rings. The second-order valence-corrected chi connectivity index (χ2v) is 6.76. The second kappa shape index (κ2) is 7.43. The number of hydrogen-bond acceptors (Lipinski definition) is 2. The van der Waals surface area contributed by atoms with E-state index in [9.17, 15) is 0 Å². The zero-order chi connectivity index (χ0) is 15.4. The molecule has 0 spiro atoms. The van der Waals surface area contributed by atoms with E-state index in [1.54, 1.807) is 7.11 Å². The van der Waals surface area contributed by atoms with E-state index in [0.29, 0.717) is 6.04 Å². The van der Waals surface area contributed by atoms with E-state index in [2.05, 4.69) is 87.4 Å². The van der Waals surface area contributed by atoms with Crippen LogP contribution in [0, 0.1) is 6.92 Å². The Morgan fingerprint density at radius 3 is 2.33 bits per heavy atom. The van der Waals surface area contributed by atoms with Crippen molar-refractivity contribution in [2.75, 3.05) is 7.11 Å². The molecule has 0 aliphatic heterocycles. The molecule has 0 unspecified atom stereocenters. The van der Waals surface area contributed by atoms with Gasteiger partial charge in [0.2, 0.25) is 0 Å². The molecule has 112 valence electrons. The Bertz CT molecular complexity index is 605. The highest BCUT2D eigenvalue weighted by Crippen LogP contribution is 2.34. The molecule has 0 aliphatic carbocycles.